The van der Waals surface area contributed by atoms with Crippen LogP contribution in [0.1, 0.15) is 4.88 Å². The Balaban J connectivity index is 1.35. The van der Waals surface area contributed by atoms with Crippen LogP contribution in [0, 0.1) is 0 Å². The van der Waals surface area contributed by atoms with E-state index in [0.717, 1.165) is 10.3 Å². The number of nitrogens with zero attached hydrogens (tertiary/aromatic N) is 1. The van der Waals surface area contributed by atoms with Crippen molar-refractivity contribution in [2.45, 2.75) is 12.1 Å². The molecule has 2 aliphatic heterocycles. The quantitative estimate of drug-likeness (QED) is 0.718. The number of carbonyl (C=O) groups is 3. The Morgan fingerprint density at radius 3 is 2.78 bits per heavy atom. The van der Waals surface area contributed by atoms with Crippen LogP contribution in [0.4, 0.5) is 9.59 Å². The minimum atomic E-state index is -0.938. The summed E-state index contributed by atoms with van der Waals surface area (Å²) in [7, 11) is 0. The van der Waals surface area contributed by atoms with Crippen molar-refractivity contribution in [2.75, 3.05) is 13.1 Å². The van der Waals surface area contributed by atoms with Crippen LogP contribution < -0.4 is 16.0 Å². The molecular weight excluding hydrogens is 316 g/mol. The highest BCUT2D eigenvalue weighted by molar-refractivity contribution is 7.19. The van der Waals surface area contributed by atoms with Crippen LogP contribution in [0.15, 0.2) is 30.3 Å². The van der Waals surface area contributed by atoms with Gasteiger partial charge in [-0.05, 0) is 17.5 Å². The lowest BCUT2D eigenvalue weighted by Crippen LogP contribution is -2.72. The number of carbonyl (C=O) groups excluding carboxylic acids is 3. The van der Waals surface area contributed by atoms with Crippen LogP contribution in [0.25, 0.3) is 10.1 Å². The van der Waals surface area contributed by atoms with E-state index in [0.29, 0.717) is 6.54 Å². The molecule has 8 heteroatoms. The molecule has 0 bridgehead atoms. The molecule has 0 radical (unpaired) electrons. The number of urea groups is 2. The smallest absolute Gasteiger partial charge is 0.322 e. The maximum Gasteiger partial charge on any atom is 0.322 e. The highest BCUT2D eigenvalue weighted by atomic mass is 32.1. The van der Waals surface area contributed by atoms with E-state index >= 15 is 0 Å². The van der Waals surface area contributed by atoms with E-state index in [1.807, 2.05) is 24.3 Å². The third kappa shape index (κ3) is 2.31. The third-order valence-corrected chi connectivity index (χ3v) is 5.23. The number of amides is 5. The number of thiophene rings is 1. The average molecular weight is 330 g/mol. The Kier molecular flexibility index (Phi) is 3.02. The molecule has 5 amide bonds. The van der Waals surface area contributed by atoms with Gasteiger partial charge in [-0.2, -0.15) is 0 Å². The number of fused-ring (bicyclic) bond motifs is 1. The van der Waals surface area contributed by atoms with Crippen molar-refractivity contribution in [1.29, 1.82) is 0 Å². The molecule has 2 saturated heterocycles. The Labute approximate surface area is 135 Å². The van der Waals surface area contributed by atoms with Crippen LogP contribution in [0.3, 0.4) is 0 Å². The topological polar surface area (TPSA) is 90.5 Å². The maximum absolute atomic E-state index is 12.1. The summed E-state index contributed by atoms with van der Waals surface area (Å²) < 4.78 is 1.19. The van der Waals surface area contributed by atoms with Crippen molar-refractivity contribution >= 4 is 39.4 Å². The fraction of sp³-hybridized carbons (Fsp3) is 0.267. The predicted molar refractivity (Wildman–Crippen MR) is 85.0 cm³/mol. The molecule has 1 aromatic heterocycles. The lowest BCUT2D eigenvalue weighted by atomic mass is 9.90. The Bertz CT molecular complexity index is 792. The zero-order valence-electron chi connectivity index (χ0n) is 12.1. The lowest BCUT2D eigenvalue weighted by molar-refractivity contribution is -0.128. The second-order valence-electron chi connectivity index (χ2n) is 5.76. The summed E-state index contributed by atoms with van der Waals surface area (Å²) >= 11 is 1.64. The van der Waals surface area contributed by atoms with Gasteiger partial charge in [-0.15, -0.1) is 11.3 Å². The molecular formula is C15H14N4O3S. The van der Waals surface area contributed by atoms with Gasteiger partial charge in [-0.3, -0.25) is 10.1 Å². The zero-order chi connectivity index (χ0) is 16.0. The van der Waals surface area contributed by atoms with Crippen molar-refractivity contribution in [3.63, 3.8) is 0 Å². The van der Waals surface area contributed by atoms with Gasteiger partial charge in [0.25, 0.3) is 5.91 Å². The van der Waals surface area contributed by atoms with Crippen LogP contribution in [-0.2, 0) is 11.3 Å². The van der Waals surface area contributed by atoms with E-state index in [1.54, 1.807) is 11.3 Å². The molecule has 0 atom stereocenters. The van der Waals surface area contributed by atoms with Crippen molar-refractivity contribution in [3.05, 3.63) is 35.2 Å². The molecule has 118 valence electrons. The standard InChI is InChI=1S/C15H14N4O3S/c20-12-15(18-13(21)17-12)7-19(8-15)14(22)16-6-10-5-9-3-1-2-4-11(9)23-10/h1-5H,6-8H2,(H,16,22)(H2,17,18,20,21). The number of nitrogens with one attached hydrogen (secondary N) is 3. The lowest BCUT2D eigenvalue weighted by Gasteiger charge is -2.44. The highest BCUT2D eigenvalue weighted by Gasteiger charge is 2.56. The first kappa shape index (κ1) is 14.0. The van der Waals surface area contributed by atoms with Gasteiger partial charge in [0.2, 0.25) is 0 Å². The van der Waals surface area contributed by atoms with Gasteiger partial charge in [-0.1, -0.05) is 18.2 Å². The first-order chi connectivity index (χ1) is 11.1. The third-order valence-electron chi connectivity index (χ3n) is 4.11. The number of benzene rings is 1. The fourth-order valence-electron chi connectivity index (χ4n) is 2.90. The van der Waals surface area contributed by atoms with Crippen LogP contribution in [-0.4, -0.2) is 41.5 Å². The molecule has 1 aromatic carbocycles. The van der Waals surface area contributed by atoms with Gasteiger partial charge in [-0.25, -0.2) is 9.59 Å². The molecule has 2 aliphatic rings. The van der Waals surface area contributed by atoms with Gasteiger partial charge >= 0.3 is 12.1 Å². The summed E-state index contributed by atoms with van der Waals surface area (Å²) in [5, 5.41) is 8.78. The van der Waals surface area contributed by atoms with Gasteiger partial charge in [0.05, 0.1) is 19.6 Å². The minimum Gasteiger partial charge on any atom is -0.333 e. The number of likely N-dealkylation sites (tertiary alicyclic amines) is 1. The van der Waals surface area contributed by atoms with Crippen LogP contribution in [0.5, 0.6) is 0 Å². The fourth-order valence-corrected chi connectivity index (χ4v) is 3.90. The van der Waals surface area contributed by atoms with E-state index in [9.17, 15) is 14.4 Å². The number of imide groups is 1. The Hall–Kier alpha value is -2.61. The summed E-state index contributed by atoms with van der Waals surface area (Å²) in [6.45, 7) is 0.839. The second kappa shape index (κ2) is 4.95. The summed E-state index contributed by atoms with van der Waals surface area (Å²) in [5.41, 5.74) is -0.938. The normalized spacial score (nSPS) is 18.7. The van der Waals surface area contributed by atoms with Crippen molar-refractivity contribution in [1.82, 2.24) is 20.9 Å². The SMILES string of the molecule is O=C1NC(=O)C2(CN(C(=O)NCc3cc4ccccc4s3)C2)N1. The average Bonchev–Trinajstić information content (AvgIpc) is 3.03. The van der Waals surface area contributed by atoms with Gasteiger partial charge in [0.15, 0.2) is 5.54 Å². The summed E-state index contributed by atoms with van der Waals surface area (Å²) in [5.74, 6) is -0.365. The molecule has 23 heavy (non-hydrogen) atoms. The molecule has 7 nitrogen and oxygen atoms in total. The van der Waals surface area contributed by atoms with Gasteiger partial charge in [0, 0.05) is 9.58 Å². The second-order valence-corrected chi connectivity index (χ2v) is 6.92. The maximum atomic E-state index is 12.1. The molecule has 2 fully saturated rings. The Morgan fingerprint density at radius 1 is 1.30 bits per heavy atom. The molecule has 3 N–H and O–H groups in total. The predicted octanol–water partition coefficient (Wildman–Crippen LogP) is 1.00. The van der Waals surface area contributed by atoms with E-state index < -0.39 is 11.6 Å². The highest BCUT2D eigenvalue weighted by Crippen LogP contribution is 2.26. The molecule has 0 saturated carbocycles. The first-order valence-corrected chi connectivity index (χ1v) is 8.01. The number of hydrogen-bond donors (Lipinski definition) is 3. The summed E-state index contributed by atoms with van der Waals surface area (Å²) in [6, 6.07) is 9.38. The van der Waals surface area contributed by atoms with Crippen molar-refractivity contribution in [3.8, 4) is 0 Å². The minimum absolute atomic E-state index is 0.197. The first-order valence-electron chi connectivity index (χ1n) is 7.20. The molecule has 0 unspecified atom stereocenters. The monoisotopic (exact) mass is 330 g/mol. The summed E-state index contributed by atoms with van der Waals surface area (Å²) in [6.07, 6.45) is 0. The van der Waals surface area contributed by atoms with Crippen molar-refractivity contribution in [2.24, 2.45) is 0 Å². The molecule has 4 rings (SSSR count). The van der Waals surface area contributed by atoms with E-state index in [4.69, 9.17) is 0 Å². The number of hydrogen-bond acceptors (Lipinski definition) is 4. The molecule has 3 heterocycles. The number of rotatable bonds is 2. The van der Waals surface area contributed by atoms with Gasteiger partial charge in [0.1, 0.15) is 0 Å². The summed E-state index contributed by atoms with van der Waals surface area (Å²) in [4.78, 5) is 37.6. The molecule has 2 aromatic rings. The van der Waals surface area contributed by atoms with Crippen molar-refractivity contribution < 1.29 is 14.4 Å². The van der Waals surface area contributed by atoms with Crippen LogP contribution >= 0.6 is 11.3 Å². The zero-order valence-corrected chi connectivity index (χ0v) is 12.9. The molecule has 0 aliphatic carbocycles. The van der Waals surface area contributed by atoms with Gasteiger partial charge < -0.3 is 15.5 Å². The largest absolute Gasteiger partial charge is 0.333 e. The Morgan fingerprint density at radius 2 is 2.09 bits per heavy atom. The van der Waals surface area contributed by atoms with E-state index in [-0.39, 0.29) is 25.0 Å². The van der Waals surface area contributed by atoms with E-state index in [1.165, 1.54) is 9.60 Å². The van der Waals surface area contributed by atoms with E-state index in [2.05, 4.69) is 22.0 Å². The molecule has 1 spiro atoms. The van der Waals surface area contributed by atoms with Crippen LogP contribution in [0.2, 0.25) is 0 Å².